The molecule has 0 unspecified atom stereocenters. The Labute approximate surface area is 159 Å². The van der Waals surface area contributed by atoms with Crippen molar-refractivity contribution in [2.75, 3.05) is 7.05 Å². The summed E-state index contributed by atoms with van der Waals surface area (Å²) in [6.45, 7) is 0.871. The lowest BCUT2D eigenvalue weighted by Crippen LogP contribution is -2.22. The van der Waals surface area contributed by atoms with E-state index in [0.717, 1.165) is 5.56 Å². The van der Waals surface area contributed by atoms with E-state index < -0.39 is 0 Å². The molecule has 136 valence electrons. The molecule has 1 N–H and O–H groups in total. The highest BCUT2D eigenvalue weighted by Crippen LogP contribution is 2.19. The first-order valence-electron chi connectivity index (χ1n) is 8.33. The lowest BCUT2D eigenvalue weighted by Gasteiger charge is -2.13. The van der Waals surface area contributed by atoms with Crippen molar-refractivity contribution < 1.29 is 4.52 Å². The molecule has 2 aromatic carbocycles. The summed E-state index contributed by atoms with van der Waals surface area (Å²) >= 11 is 5.90. The second-order valence-electron chi connectivity index (χ2n) is 6.22. The van der Waals surface area contributed by atoms with Crippen LogP contribution in [0.5, 0.6) is 0 Å². The lowest BCUT2D eigenvalue weighted by atomic mass is 10.2. The van der Waals surface area contributed by atoms with Gasteiger partial charge in [-0.05, 0) is 43.4 Å². The Morgan fingerprint density at radius 1 is 1.07 bits per heavy atom. The third-order valence-corrected chi connectivity index (χ3v) is 4.31. The molecule has 0 saturated carbocycles. The molecule has 2 aromatic heterocycles. The van der Waals surface area contributed by atoms with Gasteiger partial charge in [0.1, 0.15) is 5.82 Å². The Bertz CT molecular complexity index is 1140. The number of hydrogen-bond donors (Lipinski definition) is 1. The van der Waals surface area contributed by atoms with Crippen LogP contribution < -0.4 is 5.56 Å². The molecule has 4 rings (SSSR count). The monoisotopic (exact) mass is 381 g/mol. The Balaban J connectivity index is 1.48. The zero-order chi connectivity index (χ0) is 18.8. The van der Waals surface area contributed by atoms with Gasteiger partial charge in [0.2, 0.25) is 11.7 Å². The van der Waals surface area contributed by atoms with Gasteiger partial charge in [-0.15, -0.1) is 0 Å². The standard InChI is InChI=1S/C19H16ClN5O2/c1-25(10-16-21-15-5-3-2-4-14(15)19(26)22-16)11-17-23-18(24-27-17)12-6-8-13(20)9-7-12/h2-9H,10-11H2,1H3,(H,21,22,26). The van der Waals surface area contributed by atoms with Gasteiger partial charge in [-0.3, -0.25) is 9.69 Å². The maximum Gasteiger partial charge on any atom is 0.258 e. The van der Waals surface area contributed by atoms with Crippen molar-refractivity contribution in [3.63, 3.8) is 0 Å². The normalized spacial score (nSPS) is 11.4. The molecule has 0 aliphatic heterocycles. The molecular weight excluding hydrogens is 366 g/mol. The van der Waals surface area contributed by atoms with Crippen LogP contribution in [-0.4, -0.2) is 32.1 Å². The molecule has 4 aromatic rings. The highest BCUT2D eigenvalue weighted by molar-refractivity contribution is 6.30. The van der Waals surface area contributed by atoms with Crippen LogP contribution in [0.25, 0.3) is 22.3 Å². The molecule has 7 nitrogen and oxygen atoms in total. The fraction of sp³-hybridized carbons (Fsp3) is 0.158. The summed E-state index contributed by atoms with van der Waals surface area (Å²) in [5, 5.41) is 5.23. The van der Waals surface area contributed by atoms with E-state index in [1.165, 1.54) is 0 Å². The van der Waals surface area contributed by atoms with Gasteiger partial charge < -0.3 is 9.51 Å². The second kappa shape index (κ2) is 7.30. The number of halogens is 1. The topological polar surface area (TPSA) is 87.9 Å². The van der Waals surface area contributed by atoms with Gasteiger partial charge in [0.25, 0.3) is 5.56 Å². The van der Waals surface area contributed by atoms with Gasteiger partial charge in [0, 0.05) is 10.6 Å². The van der Waals surface area contributed by atoms with Crippen molar-refractivity contribution in [2.24, 2.45) is 0 Å². The van der Waals surface area contributed by atoms with E-state index in [1.54, 1.807) is 18.2 Å². The molecule has 0 bridgehead atoms. The van der Waals surface area contributed by atoms with Crippen LogP contribution in [0.1, 0.15) is 11.7 Å². The van der Waals surface area contributed by atoms with Crippen molar-refractivity contribution in [2.45, 2.75) is 13.1 Å². The van der Waals surface area contributed by atoms with E-state index >= 15 is 0 Å². The van der Waals surface area contributed by atoms with Gasteiger partial charge in [-0.1, -0.05) is 28.9 Å². The molecule has 0 radical (unpaired) electrons. The SMILES string of the molecule is CN(Cc1nc2ccccc2c(=O)[nH]1)Cc1nc(-c2ccc(Cl)cc2)no1. The molecule has 2 heterocycles. The number of para-hydroxylation sites is 1. The van der Waals surface area contributed by atoms with E-state index in [9.17, 15) is 4.79 Å². The molecule has 0 aliphatic rings. The smallest absolute Gasteiger partial charge is 0.258 e. The number of benzene rings is 2. The van der Waals surface area contributed by atoms with Gasteiger partial charge in [0.15, 0.2) is 0 Å². The molecule has 0 saturated heterocycles. The van der Waals surface area contributed by atoms with Crippen molar-refractivity contribution in [1.82, 2.24) is 25.0 Å². The van der Waals surface area contributed by atoms with Crippen LogP contribution in [-0.2, 0) is 13.1 Å². The lowest BCUT2D eigenvalue weighted by molar-refractivity contribution is 0.256. The highest BCUT2D eigenvalue weighted by Gasteiger charge is 2.12. The maximum atomic E-state index is 12.2. The van der Waals surface area contributed by atoms with Crippen LogP contribution >= 0.6 is 11.6 Å². The van der Waals surface area contributed by atoms with Crippen LogP contribution in [0.15, 0.2) is 57.8 Å². The van der Waals surface area contributed by atoms with Gasteiger partial charge in [0.05, 0.1) is 24.0 Å². The molecule has 27 heavy (non-hydrogen) atoms. The molecule has 0 fully saturated rings. The van der Waals surface area contributed by atoms with Crippen molar-refractivity contribution >= 4 is 22.5 Å². The maximum absolute atomic E-state index is 12.2. The van der Waals surface area contributed by atoms with E-state index in [4.69, 9.17) is 16.1 Å². The number of hydrogen-bond acceptors (Lipinski definition) is 6. The largest absolute Gasteiger partial charge is 0.338 e. The summed E-state index contributed by atoms with van der Waals surface area (Å²) in [5.74, 6) is 1.57. The Morgan fingerprint density at radius 2 is 1.85 bits per heavy atom. The number of H-pyrrole nitrogens is 1. The third kappa shape index (κ3) is 3.89. The zero-order valence-corrected chi connectivity index (χ0v) is 15.3. The zero-order valence-electron chi connectivity index (χ0n) is 14.5. The highest BCUT2D eigenvalue weighted by atomic mass is 35.5. The Morgan fingerprint density at radius 3 is 2.67 bits per heavy atom. The quantitative estimate of drug-likeness (QED) is 0.571. The number of aromatic nitrogens is 4. The van der Waals surface area contributed by atoms with E-state index in [2.05, 4.69) is 20.1 Å². The average molecular weight is 382 g/mol. The summed E-state index contributed by atoms with van der Waals surface area (Å²) in [6.07, 6.45) is 0. The summed E-state index contributed by atoms with van der Waals surface area (Å²) in [7, 11) is 1.89. The number of nitrogens with one attached hydrogen (secondary N) is 1. The Kier molecular flexibility index (Phi) is 4.70. The number of rotatable bonds is 5. The number of aromatic amines is 1. The summed E-state index contributed by atoms with van der Waals surface area (Å²) < 4.78 is 5.32. The summed E-state index contributed by atoms with van der Waals surface area (Å²) in [6, 6.07) is 14.5. The predicted octanol–water partition coefficient (Wildman–Crippen LogP) is 3.26. The minimum absolute atomic E-state index is 0.146. The van der Waals surface area contributed by atoms with E-state index in [1.807, 2.05) is 42.3 Å². The number of nitrogens with zero attached hydrogens (tertiary/aromatic N) is 4. The minimum atomic E-state index is -0.146. The van der Waals surface area contributed by atoms with Crippen molar-refractivity contribution in [1.29, 1.82) is 0 Å². The van der Waals surface area contributed by atoms with Gasteiger partial charge >= 0.3 is 0 Å². The fourth-order valence-electron chi connectivity index (χ4n) is 2.79. The molecule has 0 atom stereocenters. The summed E-state index contributed by atoms with van der Waals surface area (Å²) in [5.41, 5.74) is 1.36. The van der Waals surface area contributed by atoms with Gasteiger partial charge in [-0.25, -0.2) is 4.98 Å². The van der Waals surface area contributed by atoms with Crippen molar-refractivity contribution in [3.05, 3.63) is 75.6 Å². The average Bonchev–Trinajstić information content (AvgIpc) is 3.10. The first-order chi connectivity index (χ1) is 13.1. The van der Waals surface area contributed by atoms with E-state index in [0.29, 0.717) is 46.6 Å². The summed E-state index contributed by atoms with van der Waals surface area (Å²) in [4.78, 5) is 25.8. The van der Waals surface area contributed by atoms with Crippen LogP contribution in [0, 0.1) is 0 Å². The van der Waals surface area contributed by atoms with E-state index in [-0.39, 0.29) is 5.56 Å². The minimum Gasteiger partial charge on any atom is -0.338 e. The molecule has 0 spiro atoms. The molecule has 0 amide bonds. The van der Waals surface area contributed by atoms with Crippen LogP contribution in [0.4, 0.5) is 0 Å². The molecule has 8 heteroatoms. The second-order valence-corrected chi connectivity index (χ2v) is 6.66. The fourth-order valence-corrected chi connectivity index (χ4v) is 2.91. The predicted molar refractivity (Wildman–Crippen MR) is 102 cm³/mol. The molecule has 0 aliphatic carbocycles. The van der Waals surface area contributed by atoms with Gasteiger partial charge in [-0.2, -0.15) is 4.98 Å². The number of fused-ring (bicyclic) bond motifs is 1. The van der Waals surface area contributed by atoms with Crippen LogP contribution in [0.2, 0.25) is 5.02 Å². The first-order valence-corrected chi connectivity index (χ1v) is 8.71. The van der Waals surface area contributed by atoms with Crippen molar-refractivity contribution in [3.8, 4) is 11.4 Å². The first kappa shape index (κ1) is 17.4. The third-order valence-electron chi connectivity index (χ3n) is 4.06. The molecular formula is C19H16ClN5O2. The van der Waals surface area contributed by atoms with Crippen LogP contribution in [0.3, 0.4) is 0 Å². The Hall–Kier alpha value is -3.03.